The molecule has 0 bridgehead atoms. The van der Waals surface area contributed by atoms with Crippen molar-refractivity contribution in [2.75, 3.05) is 0 Å². The van der Waals surface area contributed by atoms with Crippen LogP contribution in [0, 0.1) is 6.92 Å². The van der Waals surface area contributed by atoms with E-state index in [-0.39, 0.29) is 6.04 Å². The lowest BCUT2D eigenvalue weighted by Crippen LogP contribution is -2.28. The number of thiophene rings is 1. The molecule has 1 aromatic carbocycles. The van der Waals surface area contributed by atoms with Crippen LogP contribution in [-0.2, 0) is 0 Å². The van der Waals surface area contributed by atoms with Gasteiger partial charge < -0.3 is 0 Å². The second kappa shape index (κ2) is 4.97. The molecule has 0 fully saturated rings. The van der Waals surface area contributed by atoms with Crippen molar-refractivity contribution in [3.8, 4) is 0 Å². The minimum absolute atomic E-state index is 0.00458. The molecule has 2 nitrogen and oxygen atoms in total. The molecule has 4 heteroatoms. The highest BCUT2D eigenvalue weighted by atomic mass is 35.5. The largest absolute Gasteiger partial charge is 0.271 e. The minimum atomic E-state index is 0.00458. The van der Waals surface area contributed by atoms with E-state index >= 15 is 0 Å². The zero-order chi connectivity index (χ0) is 11.5. The molecular formula is C12H13ClN2S. The lowest BCUT2D eigenvalue weighted by Gasteiger charge is -2.16. The van der Waals surface area contributed by atoms with Crippen molar-refractivity contribution >= 4 is 22.9 Å². The third-order valence-corrected chi connectivity index (χ3v) is 3.66. The second-order valence-electron chi connectivity index (χ2n) is 3.59. The number of hydrogen-bond donors (Lipinski definition) is 2. The average Bonchev–Trinajstić information content (AvgIpc) is 2.67. The quantitative estimate of drug-likeness (QED) is 0.650. The van der Waals surface area contributed by atoms with E-state index in [4.69, 9.17) is 17.4 Å². The third-order valence-electron chi connectivity index (χ3n) is 2.56. The van der Waals surface area contributed by atoms with E-state index in [0.29, 0.717) is 0 Å². The summed E-state index contributed by atoms with van der Waals surface area (Å²) in [6.45, 7) is 2.09. The first kappa shape index (κ1) is 11.6. The van der Waals surface area contributed by atoms with Crippen molar-refractivity contribution in [1.82, 2.24) is 5.43 Å². The summed E-state index contributed by atoms with van der Waals surface area (Å²) in [5, 5.41) is 2.80. The smallest absolute Gasteiger partial charge is 0.0721 e. The van der Waals surface area contributed by atoms with E-state index in [0.717, 1.165) is 10.6 Å². The maximum absolute atomic E-state index is 5.98. The zero-order valence-corrected chi connectivity index (χ0v) is 10.5. The number of hydrazine groups is 1. The molecule has 0 radical (unpaired) electrons. The van der Waals surface area contributed by atoms with Gasteiger partial charge in [0.05, 0.1) is 6.04 Å². The van der Waals surface area contributed by atoms with E-state index in [1.54, 1.807) is 11.3 Å². The molecule has 0 aliphatic carbocycles. The fourth-order valence-electron chi connectivity index (χ4n) is 1.75. The maximum atomic E-state index is 5.98. The zero-order valence-electron chi connectivity index (χ0n) is 8.91. The minimum Gasteiger partial charge on any atom is -0.271 e. The number of hydrogen-bond acceptors (Lipinski definition) is 3. The topological polar surface area (TPSA) is 38.0 Å². The lowest BCUT2D eigenvalue weighted by molar-refractivity contribution is 0.636. The van der Waals surface area contributed by atoms with Gasteiger partial charge in [-0.2, -0.15) is 0 Å². The lowest BCUT2D eigenvalue weighted by atomic mass is 10.0. The summed E-state index contributed by atoms with van der Waals surface area (Å²) in [7, 11) is 0. The Balaban J connectivity index is 2.40. The summed E-state index contributed by atoms with van der Waals surface area (Å²) in [5.41, 5.74) is 5.12. The monoisotopic (exact) mass is 252 g/mol. The van der Waals surface area contributed by atoms with E-state index in [2.05, 4.69) is 23.8 Å². The van der Waals surface area contributed by atoms with E-state index < -0.39 is 0 Å². The molecule has 1 unspecified atom stereocenters. The van der Waals surface area contributed by atoms with Crippen LogP contribution in [0.4, 0.5) is 0 Å². The fourth-order valence-corrected chi connectivity index (χ4v) is 2.69. The first-order chi connectivity index (χ1) is 7.72. The van der Waals surface area contributed by atoms with Crippen LogP contribution >= 0.6 is 22.9 Å². The van der Waals surface area contributed by atoms with Gasteiger partial charge in [0.25, 0.3) is 0 Å². The molecule has 0 aliphatic heterocycles. The summed E-state index contributed by atoms with van der Waals surface area (Å²) in [5.74, 6) is 5.63. The van der Waals surface area contributed by atoms with E-state index in [1.165, 1.54) is 10.4 Å². The molecule has 1 atom stereocenters. The number of benzene rings is 1. The Labute approximate surface area is 104 Å². The Morgan fingerprint density at radius 1 is 1.38 bits per heavy atom. The van der Waals surface area contributed by atoms with Crippen LogP contribution in [0.5, 0.6) is 0 Å². The van der Waals surface area contributed by atoms with Gasteiger partial charge in [0.15, 0.2) is 0 Å². The average molecular weight is 253 g/mol. The highest BCUT2D eigenvalue weighted by molar-refractivity contribution is 7.10. The van der Waals surface area contributed by atoms with Crippen LogP contribution in [-0.4, -0.2) is 0 Å². The second-order valence-corrected chi connectivity index (χ2v) is 5.14. The van der Waals surface area contributed by atoms with Crippen LogP contribution in [0.2, 0.25) is 5.02 Å². The van der Waals surface area contributed by atoms with Gasteiger partial charge in [0.1, 0.15) is 0 Å². The summed E-state index contributed by atoms with van der Waals surface area (Å²) in [6, 6.07) is 9.84. The normalized spacial score (nSPS) is 12.7. The van der Waals surface area contributed by atoms with Crippen LogP contribution in [0.25, 0.3) is 0 Å². The Morgan fingerprint density at radius 2 is 2.19 bits per heavy atom. The number of halogens is 1. The predicted molar refractivity (Wildman–Crippen MR) is 69.7 cm³/mol. The molecule has 0 saturated heterocycles. The molecule has 1 aromatic heterocycles. The first-order valence-corrected chi connectivity index (χ1v) is 6.23. The van der Waals surface area contributed by atoms with Gasteiger partial charge in [0.2, 0.25) is 0 Å². The molecule has 0 aliphatic rings. The molecule has 0 saturated carbocycles. The van der Waals surface area contributed by atoms with Gasteiger partial charge in [-0.25, -0.2) is 5.43 Å². The fraction of sp³-hybridized carbons (Fsp3) is 0.167. The number of aryl methyl sites for hydroxylation is 1. The van der Waals surface area contributed by atoms with Crippen molar-refractivity contribution in [2.24, 2.45) is 5.84 Å². The van der Waals surface area contributed by atoms with E-state index in [1.807, 2.05) is 24.3 Å². The first-order valence-electron chi connectivity index (χ1n) is 4.98. The Kier molecular flexibility index (Phi) is 3.61. The molecule has 2 aromatic rings. The highest BCUT2D eigenvalue weighted by Crippen LogP contribution is 2.28. The number of nitrogens with one attached hydrogen (secondary N) is 1. The molecule has 84 valence electrons. The van der Waals surface area contributed by atoms with Gasteiger partial charge in [-0.15, -0.1) is 11.3 Å². The van der Waals surface area contributed by atoms with Crippen molar-refractivity contribution in [3.05, 3.63) is 56.7 Å². The van der Waals surface area contributed by atoms with Crippen LogP contribution in [0.15, 0.2) is 35.7 Å². The molecule has 0 spiro atoms. The number of nitrogens with two attached hydrogens (primary N) is 1. The summed E-state index contributed by atoms with van der Waals surface area (Å²) >= 11 is 7.70. The van der Waals surface area contributed by atoms with Crippen molar-refractivity contribution in [3.63, 3.8) is 0 Å². The molecule has 3 N–H and O–H groups in total. The Hall–Kier alpha value is -0.870. The molecule has 1 heterocycles. The van der Waals surface area contributed by atoms with Gasteiger partial charge in [0, 0.05) is 9.90 Å². The van der Waals surface area contributed by atoms with Crippen molar-refractivity contribution < 1.29 is 0 Å². The standard InChI is InChI=1S/C12H13ClN2S/c1-8-11(5-6-16-8)12(15-14)9-3-2-4-10(13)7-9/h2-7,12,15H,14H2,1H3. The molecular weight excluding hydrogens is 240 g/mol. The maximum Gasteiger partial charge on any atom is 0.0721 e. The van der Waals surface area contributed by atoms with Gasteiger partial charge >= 0.3 is 0 Å². The molecule has 2 rings (SSSR count). The summed E-state index contributed by atoms with van der Waals surface area (Å²) < 4.78 is 0. The van der Waals surface area contributed by atoms with Gasteiger partial charge in [-0.05, 0) is 41.6 Å². The van der Waals surface area contributed by atoms with Crippen molar-refractivity contribution in [2.45, 2.75) is 13.0 Å². The SMILES string of the molecule is Cc1sccc1C(NN)c1cccc(Cl)c1. The summed E-state index contributed by atoms with van der Waals surface area (Å²) in [4.78, 5) is 1.27. The van der Waals surface area contributed by atoms with E-state index in [9.17, 15) is 0 Å². The Morgan fingerprint density at radius 3 is 2.75 bits per heavy atom. The predicted octanol–water partition coefficient (Wildman–Crippen LogP) is 3.26. The summed E-state index contributed by atoms with van der Waals surface area (Å²) in [6.07, 6.45) is 0. The van der Waals surface area contributed by atoms with Gasteiger partial charge in [-0.1, -0.05) is 23.7 Å². The molecule has 16 heavy (non-hydrogen) atoms. The molecule has 0 amide bonds. The third kappa shape index (κ3) is 2.28. The van der Waals surface area contributed by atoms with Crippen LogP contribution < -0.4 is 11.3 Å². The highest BCUT2D eigenvalue weighted by Gasteiger charge is 2.15. The number of rotatable bonds is 3. The van der Waals surface area contributed by atoms with Crippen LogP contribution in [0.1, 0.15) is 22.0 Å². The van der Waals surface area contributed by atoms with Crippen LogP contribution in [0.3, 0.4) is 0 Å². The van der Waals surface area contributed by atoms with Gasteiger partial charge in [-0.3, -0.25) is 5.84 Å². The van der Waals surface area contributed by atoms with Crippen molar-refractivity contribution in [1.29, 1.82) is 0 Å². The Bertz CT molecular complexity index is 481.